The van der Waals surface area contributed by atoms with Crippen LogP contribution in [0.25, 0.3) is 0 Å². The molecular formula is C17H19NO2. The van der Waals surface area contributed by atoms with Crippen molar-refractivity contribution in [2.24, 2.45) is 0 Å². The zero-order valence-electron chi connectivity index (χ0n) is 11.8. The predicted molar refractivity (Wildman–Crippen MR) is 79.1 cm³/mol. The van der Waals surface area contributed by atoms with Gasteiger partial charge in [0.2, 0.25) is 0 Å². The Balaban J connectivity index is 2.21. The van der Waals surface area contributed by atoms with Crippen LogP contribution >= 0.6 is 0 Å². The van der Waals surface area contributed by atoms with Crippen LogP contribution in [0.5, 0.6) is 0 Å². The van der Waals surface area contributed by atoms with Gasteiger partial charge in [0.1, 0.15) is 6.04 Å². The van der Waals surface area contributed by atoms with Crippen LogP contribution < -0.4 is 0 Å². The number of benzene rings is 2. The summed E-state index contributed by atoms with van der Waals surface area (Å²) >= 11 is 0. The Morgan fingerprint density at radius 2 is 1.60 bits per heavy atom. The van der Waals surface area contributed by atoms with Crippen LogP contribution in [-0.2, 0) is 16.1 Å². The van der Waals surface area contributed by atoms with Gasteiger partial charge >= 0.3 is 5.97 Å². The summed E-state index contributed by atoms with van der Waals surface area (Å²) < 4.78 is 4.95. The van der Waals surface area contributed by atoms with Crippen molar-refractivity contribution in [2.45, 2.75) is 12.6 Å². The van der Waals surface area contributed by atoms with Crippen molar-refractivity contribution in [2.75, 3.05) is 14.2 Å². The molecule has 1 atom stereocenters. The molecular weight excluding hydrogens is 250 g/mol. The first-order chi connectivity index (χ1) is 9.72. The highest BCUT2D eigenvalue weighted by atomic mass is 16.5. The van der Waals surface area contributed by atoms with Gasteiger partial charge in [0.15, 0.2) is 0 Å². The molecule has 3 nitrogen and oxygen atoms in total. The third-order valence-electron chi connectivity index (χ3n) is 3.26. The van der Waals surface area contributed by atoms with E-state index in [1.54, 1.807) is 0 Å². The summed E-state index contributed by atoms with van der Waals surface area (Å²) in [6.07, 6.45) is 0. The molecule has 0 fully saturated rings. The lowest BCUT2D eigenvalue weighted by atomic mass is 10.1. The molecule has 2 aromatic rings. The fourth-order valence-electron chi connectivity index (χ4n) is 2.28. The third-order valence-corrected chi connectivity index (χ3v) is 3.26. The van der Waals surface area contributed by atoms with Crippen molar-refractivity contribution < 1.29 is 9.53 Å². The molecule has 2 rings (SSSR count). The average molecular weight is 269 g/mol. The van der Waals surface area contributed by atoms with E-state index in [2.05, 4.69) is 12.1 Å². The van der Waals surface area contributed by atoms with E-state index >= 15 is 0 Å². The molecule has 0 N–H and O–H groups in total. The Bertz CT molecular complexity index is 539. The van der Waals surface area contributed by atoms with Gasteiger partial charge in [-0.15, -0.1) is 0 Å². The van der Waals surface area contributed by atoms with E-state index in [1.807, 2.05) is 60.5 Å². The molecule has 2 aromatic carbocycles. The number of esters is 1. The molecule has 0 radical (unpaired) electrons. The van der Waals surface area contributed by atoms with Crippen LogP contribution in [0.3, 0.4) is 0 Å². The largest absolute Gasteiger partial charge is 0.468 e. The molecule has 0 aliphatic rings. The molecule has 0 aliphatic heterocycles. The summed E-state index contributed by atoms with van der Waals surface area (Å²) in [6, 6.07) is 19.4. The van der Waals surface area contributed by atoms with Crippen molar-refractivity contribution in [3.05, 3.63) is 71.8 Å². The maximum Gasteiger partial charge on any atom is 0.327 e. The van der Waals surface area contributed by atoms with E-state index in [-0.39, 0.29) is 12.0 Å². The number of likely N-dealkylation sites (N-methyl/N-ethyl adjacent to an activating group) is 1. The van der Waals surface area contributed by atoms with Gasteiger partial charge in [0.05, 0.1) is 7.11 Å². The van der Waals surface area contributed by atoms with Crippen LogP contribution in [-0.4, -0.2) is 25.0 Å². The van der Waals surface area contributed by atoms with E-state index in [0.717, 1.165) is 5.56 Å². The summed E-state index contributed by atoms with van der Waals surface area (Å²) in [5, 5.41) is 0. The number of methoxy groups -OCH3 is 1. The highest BCUT2D eigenvalue weighted by Gasteiger charge is 2.25. The maximum atomic E-state index is 12.1. The van der Waals surface area contributed by atoms with Gasteiger partial charge in [0, 0.05) is 6.54 Å². The quantitative estimate of drug-likeness (QED) is 0.781. The molecule has 0 amide bonds. The van der Waals surface area contributed by atoms with Crippen LogP contribution in [0.15, 0.2) is 60.7 Å². The summed E-state index contributed by atoms with van der Waals surface area (Å²) in [7, 11) is 3.36. The fraction of sp³-hybridized carbons (Fsp3) is 0.235. The lowest BCUT2D eigenvalue weighted by molar-refractivity contribution is -0.147. The molecule has 0 saturated carbocycles. The van der Waals surface area contributed by atoms with Gasteiger partial charge in [-0.05, 0) is 18.2 Å². The summed E-state index contributed by atoms with van der Waals surface area (Å²) in [5.41, 5.74) is 2.11. The summed E-state index contributed by atoms with van der Waals surface area (Å²) in [5.74, 6) is -0.241. The third kappa shape index (κ3) is 3.45. The molecule has 3 heteroatoms. The lowest BCUT2D eigenvalue weighted by Gasteiger charge is -2.26. The summed E-state index contributed by atoms with van der Waals surface area (Å²) in [4.78, 5) is 14.1. The molecule has 0 aliphatic carbocycles. The zero-order chi connectivity index (χ0) is 14.4. The highest BCUT2D eigenvalue weighted by molar-refractivity contribution is 5.77. The second-order valence-corrected chi connectivity index (χ2v) is 4.74. The Hall–Kier alpha value is -2.13. The molecule has 0 aromatic heterocycles. The first-order valence-corrected chi connectivity index (χ1v) is 6.59. The Kier molecular flexibility index (Phi) is 4.91. The highest BCUT2D eigenvalue weighted by Crippen LogP contribution is 2.22. The standard InChI is InChI=1S/C17H19NO2/c1-18(13-14-9-5-3-6-10-14)16(17(19)20-2)15-11-7-4-8-12-15/h3-12,16H,13H2,1-2H3/t16-/m1/s1. The van der Waals surface area contributed by atoms with E-state index < -0.39 is 0 Å². The van der Waals surface area contributed by atoms with E-state index in [1.165, 1.54) is 12.7 Å². The monoisotopic (exact) mass is 269 g/mol. The summed E-state index contributed by atoms with van der Waals surface area (Å²) in [6.45, 7) is 0.690. The minimum atomic E-state index is -0.388. The Morgan fingerprint density at radius 3 is 2.15 bits per heavy atom. The topological polar surface area (TPSA) is 29.5 Å². The van der Waals surface area contributed by atoms with Crippen LogP contribution in [0.2, 0.25) is 0 Å². The second-order valence-electron chi connectivity index (χ2n) is 4.74. The predicted octanol–water partition coefficient (Wildman–Crippen LogP) is 3.03. The van der Waals surface area contributed by atoms with Crippen molar-refractivity contribution in [1.82, 2.24) is 4.90 Å². The van der Waals surface area contributed by atoms with E-state index in [9.17, 15) is 4.79 Å². The number of carbonyl (C=O) groups excluding carboxylic acids is 1. The molecule has 0 unspecified atom stereocenters. The van der Waals surface area contributed by atoms with Crippen molar-refractivity contribution in [3.8, 4) is 0 Å². The molecule has 0 saturated heterocycles. The van der Waals surface area contributed by atoms with Crippen molar-refractivity contribution >= 4 is 5.97 Å². The van der Waals surface area contributed by atoms with Crippen molar-refractivity contribution in [3.63, 3.8) is 0 Å². The van der Waals surface area contributed by atoms with Gasteiger partial charge in [0.25, 0.3) is 0 Å². The van der Waals surface area contributed by atoms with Gasteiger partial charge < -0.3 is 4.74 Å². The molecule has 0 spiro atoms. The minimum absolute atomic E-state index is 0.241. The molecule has 20 heavy (non-hydrogen) atoms. The number of ether oxygens (including phenoxy) is 1. The fourth-order valence-corrected chi connectivity index (χ4v) is 2.28. The average Bonchev–Trinajstić information content (AvgIpc) is 2.49. The first-order valence-electron chi connectivity index (χ1n) is 6.59. The minimum Gasteiger partial charge on any atom is -0.468 e. The second kappa shape index (κ2) is 6.87. The molecule has 104 valence electrons. The normalized spacial score (nSPS) is 12.2. The van der Waals surface area contributed by atoms with E-state index in [4.69, 9.17) is 4.74 Å². The zero-order valence-corrected chi connectivity index (χ0v) is 11.8. The number of hydrogen-bond acceptors (Lipinski definition) is 3. The van der Waals surface area contributed by atoms with Crippen molar-refractivity contribution in [1.29, 1.82) is 0 Å². The van der Waals surface area contributed by atoms with Crippen LogP contribution in [0.4, 0.5) is 0 Å². The number of rotatable bonds is 5. The number of nitrogens with zero attached hydrogens (tertiary/aromatic N) is 1. The van der Waals surface area contributed by atoms with Crippen LogP contribution in [0, 0.1) is 0 Å². The maximum absolute atomic E-state index is 12.1. The lowest BCUT2D eigenvalue weighted by Crippen LogP contribution is -2.31. The Morgan fingerprint density at radius 1 is 1.05 bits per heavy atom. The molecule has 0 bridgehead atoms. The number of hydrogen-bond donors (Lipinski definition) is 0. The van der Waals surface area contributed by atoms with Gasteiger partial charge in [-0.3, -0.25) is 4.90 Å². The van der Waals surface area contributed by atoms with E-state index in [0.29, 0.717) is 6.54 Å². The van der Waals surface area contributed by atoms with Crippen LogP contribution in [0.1, 0.15) is 17.2 Å². The Labute approximate surface area is 119 Å². The van der Waals surface area contributed by atoms with Gasteiger partial charge in [-0.1, -0.05) is 60.7 Å². The number of carbonyl (C=O) groups is 1. The first kappa shape index (κ1) is 14.3. The molecule has 0 heterocycles. The smallest absolute Gasteiger partial charge is 0.327 e. The van der Waals surface area contributed by atoms with Gasteiger partial charge in [-0.2, -0.15) is 0 Å². The SMILES string of the molecule is COC(=O)[C@@H](c1ccccc1)N(C)Cc1ccccc1. The van der Waals surface area contributed by atoms with Gasteiger partial charge in [-0.25, -0.2) is 4.79 Å².